The van der Waals surface area contributed by atoms with Crippen LogP contribution in [0.3, 0.4) is 0 Å². The second-order valence-electron chi connectivity index (χ2n) is 8.26. The first-order valence-electron chi connectivity index (χ1n) is 7.86. The fourth-order valence-corrected chi connectivity index (χ4v) is 3.08. The summed E-state index contributed by atoms with van der Waals surface area (Å²) in [5, 5.41) is 10.5. The van der Waals surface area contributed by atoms with Gasteiger partial charge in [0, 0.05) is 19.0 Å². The Labute approximate surface area is 136 Å². The minimum Gasteiger partial charge on any atom is -0.444 e. The largest absolute Gasteiger partial charge is 0.444 e. The maximum atomic E-state index is 13.5. The molecule has 1 saturated heterocycles. The monoisotopic (exact) mass is 339 g/mol. The van der Waals surface area contributed by atoms with Crippen LogP contribution in [0.15, 0.2) is 0 Å². The minimum atomic E-state index is -4.72. The van der Waals surface area contributed by atoms with Gasteiger partial charge in [-0.3, -0.25) is 0 Å². The van der Waals surface area contributed by atoms with Crippen molar-refractivity contribution in [2.24, 2.45) is 11.3 Å². The predicted octanol–water partition coefficient (Wildman–Crippen LogP) is 3.97. The van der Waals surface area contributed by atoms with Crippen LogP contribution in [0.1, 0.15) is 54.4 Å². The van der Waals surface area contributed by atoms with Gasteiger partial charge in [0.1, 0.15) is 5.60 Å². The van der Waals surface area contributed by atoms with Crippen LogP contribution in [0.4, 0.5) is 18.0 Å². The second-order valence-corrected chi connectivity index (χ2v) is 8.26. The maximum Gasteiger partial charge on any atom is 0.417 e. The number of carbonyl (C=O) groups excluding carboxylic acids is 1. The Kier molecular flexibility index (Phi) is 5.36. The van der Waals surface area contributed by atoms with Gasteiger partial charge < -0.3 is 14.7 Å². The van der Waals surface area contributed by atoms with Gasteiger partial charge in [0.2, 0.25) is 0 Å². The highest BCUT2D eigenvalue weighted by Crippen LogP contribution is 2.50. The molecule has 0 bridgehead atoms. The van der Waals surface area contributed by atoms with E-state index < -0.39 is 34.8 Å². The van der Waals surface area contributed by atoms with Gasteiger partial charge in [0.25, 0.3) is 0 Å². The van der Waals surface area contributed by atoms with Gasteiger partial charge in [-0.2, -0.15) is 13.2 Å². The summed E-state index contributed by atoms with van der Waals surface area (Å²) in [7, 11) is 0. The van der Waals surface area contributed by atoms with Gasteiger partial charge in [-0.05, 0) is 39.0 Å². The number of aliphatic hydroxyl groups is 1. The molecule has 136 valence electrons. The second kappa shape index (κ2) is 6.15. The number of nitrogens with zero attached hydrogens (tertiary/aromatic N) is 1. The highest BCUT2D eigenvalue weighted by molar-refractivity contribution is 5.68. The van der Waals surface area contributed by atoms with E-state index in [2.05, 4.69) is 0 Å². The molecule has 1 N–H and O–H groups in total. The van der Waals surface area contributed by atoms with Crippen LogP contribution in [0.2, 0.25) is 0 Å². The number of alkyl halides is 3. The van der Waals surface area contributed by atoms with E-state index in [9.17, 15) is 23.1 Å². The zero-order chi connectivity index (χ0) is 18.3. The smallest absolute Gasteiger partial charge is 0.417 e. The van der Waals surface area contributed by atoms with Crippen LogP contribution in [0.25, 0.3) is 0 Å². The molecule has 0 aromatic rings. The van der Waals surface area contributed by atoms with E-state index in [1.54, 1.807) is 20.8 Å². The molecule has 23 heavy (non-hydrogen) atoms. The summed E-state index contributed by atoms with van der Waals surface area (Å²) in [5.74, 6) is -0.943. The predicted molar refractivity (Wildman–Crippen MR) is 81.0 cm³/mol. The van der Waals surface area contributed by atoms with Gasteiger partial charge in [-0.1, -0.05) is 20.8 Å². The molecule has 0 saturated carbocycles. The average Bonchev–Trinajstić information content (AvgIpc) is 2.33. The summed E-state index contributed by atoms with van der Waals surface area (Å²) in [6, 6.07) is 0. The highest BCUT2D eigenvalue weighted by Gasteiger charge is 2.64. The Morgan fingerprint density at radius 2 is 1.48 bits per heavy atom. The third-order valence-electron chi connectivity index (χ3n) is 4.31. The molecule has 1 fully saturated rings. The van der Waals surface area contributed by atoms with Crippen LogP contribution in [0, 0.1) is 11.3 Å². The van der Waals surface area contributed by atoms with Crippen molar-refractivity contribution in [1.82, 2.24) is 4.90 Å². The van der Waals surface area contributed by atoms with Gasteiger partial charge in [-0.25, -0.2) is 4.79 Å². The summed E-state index contributed by atoms with van der Waals surface area (Å²) < 4.78 is 45.8. The highest BCUT2D eigenvalue weighted by atomic mass is 19.4. The third-order valence-corrected chi connectivity index (χ3v) is 4.31. The van der Waals surface area contributed by atoms with Crippen LogP contribution < -0.4 is 0 Å². The standard InChI is InChI=1S/C16H28F3NO3/c1-13(2,3)15(22,16(17,18)19)11-7-9-20(10-8-11)12(21)23-14(4,5)6/h11,22H,7-10H2,1-6H3/t15-/m1/s1. The van der Waals surface area contributed by atoms with Crippen molar-refractivity contribution in [1.29, 1.82) is 0 Å². The molecule has 1 heterocycles. The summed E-state index contributed by atoms with van der Waals surface area (Å²) in [6.45, 7) is 9.67. The number of likely N-dealkylation sites (tertiary alicyclic amines) is 1. The number of carbonyl (C=O) groups is 1. The first-order valence-corrected chi connectivity index (χ1v) is 7.86. The van der Waals surface area contributed by atoms with E-state index in [1.165, 1.54) is 25.7 Å². The zero-order valence-corrected chi connectivity index (χ0v) is 14.8. The molecule has 1 aliphatic heterocycles. The molecule has 1 rings (SSSR count). The Hall–Kier alpha value is -0.980. The number of piperidine rings is 1. The molecule has 0 spiro atoms. The van der Waals surface area contributed by atoms with Crippen LogP contribution in [-0.2, 0) is 4.74 Å². The van der Waals surface area contributed by atoms with E-state index in [0.717, 1.165) is 0 Å². The Balaban J connectivity index is 2.83. The number of rotatable bonds is 1. The molecule has 4 nitrogen and oxygen atoms in total. The third kappa shape index (κ3) is 4.31. The number of halogens is 3. The summed E-state index contributed by atoms with van der Waals surface area (Å²) in [6.07, 6.45) is -5.06. The zero-order valence-electron chi connectivity index (χ0n) is 14.8. The van der Waals surface area contributed by atoms with Crippen LogP contribution in [-0.4, -0.2) is 46.6 Å². The molecule has 0 unspecified atom stereocenters. The molecule has 7 heteroatoms. The molecule has 0 radical (unpaired) electrons. The summed E-state index contributed by atoms with van der Waals surface area (Å²) in [5.41, 5.74) is -4.77. The molecular weight excluding hydrogens is 311 g/mol. The van der Waals surface area contributed by atoms with Crippen molar-refractivity contribution in [3.05, 3.63) is 0 Å². The van der Waals surface area contributed by atoms with Gasteiger partial charge in [-0.15, -0.1) is 0 Å². The lowest BCUT2D eigenvalue weighted by atomic mass is 9.65. The lowest BCUT2D eigenvalue weighted by Crippen LogP contribution is -2.62. The number of ether oxygens (including phenoxy) is 1. The fourth-order valence-electron chi connectivity index (χ4n) is 3.08. The molecule has 0 aromatic heterocycles. The molecule has 0 aromatic carbocycles. The quantitative estimate of drug-likeness (QED) is 0.786. The van der Waals surface area contributed by atoms with Gasteiger partial charge in [0.05, 0.1) is 0 Å². The number of hydrogen-bond acceptors (Lipinski definition) is 3. The lowest BCUT2D eigenvalue weighted by molar-refractivity contribution is -0.318. The summed E-state index contributed by atoms with van der Waals surface area (Å²) >= 11 is 0. The van der Waals surface area contributed by atoms with Crippen molar-refractivity contribution >= 4 is 6.09 Å². The normalized spacial score (nSPS) is 21.0. The van der Waals surface area contributed by atoms with E-state index in [4.69, 9.17) is 4.74 Å². The topological polar surface area (TPSA) is 49.8 Å². The first kappa shape index (κ1) is 20.1. The minimum absolute atomic E-state index is 0.0898. The van der Waals surface area contributed by atoms with Crippen LogP contribution >= 0.6 is 0 Å². The van der Waals surface area contributed by atoms with E-state index in [1.807, 2.05) is 0 Å². The number of hydrogen-bond donors (Lipinski definition) is 1. The van der Waals surface area contributed by atoms with Crippen molar-refractivity contribution in [2.75, 3.05) is 13.1 Å². The first-order chi connectivity index (χ1) is 10.1. The lowest BCUT2D eigenvalue weighted by Gasteiger charge is -2.49. The number of amides is 1. The average molecular weight is 339 g/mol. The van der Waals surface area contributed by atoms with Crippen molar-refractivity contribution < 1.29 is 27.8 Å². The van der Waals surface area contributed by atoms with Gasteiger partial charge >= 0.3 is 12.3 Å². The van der Waals surface area contributed by atoms with E-state index in [0.29, 0.717) is 0 Å². The van der Waals surface area contributed by atoms with Crippen molar-refractivity contribution in [3.63, 3.8) is 0 Å². The summed E-state index contributed by atoms with van der Waals surface area (Å²) in [4.78, 5) is 13.4. The van der Waals surface area contributed by atoms with E-state index in [-0.39, 0.29) is 25.9 Å². The van der Waals surface area contributed by atoms with E-state index >= 15 is 0 Å². The molecular formula is C16H28F3NO3. The van der Waals surface area contributed by atoms with Crippen LogP contribution in [0.5, 0.6) is 0 Å². The molecule has 1 amide bonds. The van der Waals surface area contributed by atoms with Crippen molar-refractivity contribution in [3.8, 4) is 0 Å². The Morgan fingerprint density at radius 3 is 1.78 bits per heavy atom. The fraction of sp³-hybridized carbons (Fsp3) is 0.938. The Bertz CT molecular complexity index is 413. The SMILES string of the molecule is CC(C)(C)OC(=O)N1CCC([C@@](O)(C(C)(C)C)C(F)(F)F)CC1. The maximum absolute atomic E-state index is 13.5. The molecule has 0 aliphatic carbocycles. The molecule has 1 aliphatic rings. The van der Waals surface area contributed by atoms with Gasteiger partial charge in [0.15, 0.2) is 5.60 Å². The van der Waals surface area contributed by atoms with Crippen molar-refractivity contribution in [2.45, 2.75) is 71.8 Å². The Morgan fingerprint density at radius 1 is 1.04 bits per heavy atom. The molecule has 1 atom stereocenters.